The van der Waals surface area contributed by atoms with Gasteiger partial charge in [0.2, 0.25) is 11.8 Å². The van der Waals surface area contributed by atoms with E-state index < -0.39 is 5.25 Å². The lowest BCUT2D eigenvalue weighted by Crippen LogP contribution is -2.23. The largest absolute Gasteiger partial charge is 0.481 e. The average Bonchev–Trinajstić information content (AvgIpc) is 2.96. The van der Waals surface area contributed by atoms with Crippen molar-refractivity contribution in [1.29, 1.82) is 0 Å². The van der Waals surface area contributed by atoms with Crippen LogP contribution < -0.4 is 15.6 Å². The number of aromatic amines is 1. The summed E-state index contributed by atoms with van der Waals surface area (Å²) in [5.74, 6) is -0.00967. The van der Waals surface area contributed by atoms with Gasteiger partial charge in [-0.05, 0) is 19.1 Å². The van der Waals surface area contributed by atoms with E-state index in [1.807, 2.05) is 24.3 Å². The molecule has 0 saturated carbocycles. The van der Waals surface area contributed by atoms with Gasteiger partial charge in [0.1, 0.15) is 0 Å². The van der Waals surface area contributed by atoms with Crippen LogP contribution in [0.3, 0.4) is 0 Å². The highest BCUT2D eigenvalue weighted by atomic mass is 32.2. The minimum absolute atomic E-state index is 0.208. The molecular formula is C15H14N4O3S2. The highest BCUT2D eigenvalue weighted by molar-refractivity contribution is 8.00. The lowest BCUT2D eigenvalue weighted by Gasteiger charge is -2.10. The lowest BCUT2D eigenvalue weighted by atomic mass is 10.3. The Kier molecular flexibility index (Phi) is 4.81. The maximum absolute atomic E-state index is 12.3. The zero-order valence-electron chi connectivity index (χ0n) is 12.9. The molecule has 124 valence electrons. The maximum Gasteiger partial charge on any atom is 0.255 e. The molecule has 24 heavy (non-hydrogen) atoms. The molecule has 0 unspecified atom stereocenters. The standard InChI is InChI=1S/C15H14N4O3S2/c1-8(23-15-17-11(20)7-12(18-15)22-2)13(21)19-14-16-9-5-3-4-6-10(9)24-14/h3-8H,1-2H3,(H,16,19,21)(H,17,18,20)/t8-/m1/s1. The quantitative estimate of drug-likeness (QED) is 0.535. The van der Waals surface area contributed by atoms with Gasteiger partial charge in [-0.2, -0.15) is 4.98 Å². The molecule has 7 nitrogen and oxygen atoms in total. The van der Waals surface area contributed by atoms with Gasteiger partial charge >= 0.3 is 0 Å². The first-order valence-electron chi connectivity index (χ1n) is 7.03. The molecule has 0 aliphatic heterocycles. The Bertz CT molecular complexity index is 905. The number of nitrogens with zero attached hydrogens (tertiary/aromatic N) is 2. The average molecular weight is 362 g/mol. The molecule has 3 rings (SSSR count). The third-order valence-corrected chi connectivity index (χ3v) is 5.02. The molecule has 9 heteroatoms. The molecule has 0 aliphatic carbocycles. The van der Waals surface area contributed by atoms with E-state index in [4.69, 9.17) is 4.74 Å². The van der Waals surface area contributed by atoms with Crippen LogP contribution in [0.5, 0.6) is 5.88 Å². The summed E-state index contributed by atoms with van der Waals surface area (Å²) in [6.45, 7) is 1.73. The number of rotatable bonds is 5. The van der Waals surface area contributed by atoms with E-state index in [0.717, 1.165) is 22.0 Å². The van der Waals surface area contributed by atoms with Crippen molar-refractivity contribution in [3.8, 4) is 5.88 Å². The molecule has 1 atom stereocenters. The summed E-state index contributed by atoms with van der Waals surface area (Å²) in [6, 6.07) is 8.92. The van der Waals surface area contributed by atoms with Gasteiger partial charge in [0, 0.05) is 0 Å². The molecule has 2 heterocycles. The van der Waals surface area contributed by atoms with E-state index in [9.17, 15) is 9.59 Å². The van der Waals surface area contributed by atoms with Crippen LogP contribution >= 0.6 is 23.1 Å². The summed E-state index contributed by atoms with van der Waals surface area (Å²) in [5.41, 5.74) is 0.514. The molecule has 2 aromatic heterocycles. The highest BCUT2D eigenvalue weighted by Crippen LogP contribution is 2.27. The van der Waals surface area contributed by atoms with Gasteiger partial charge in [-0.3, -0.25) is 9.59 Å². The fourth-order valence-electron chi connectivity index (χ4n) is 1.93. The monoisotopic (exact) mass is 362 g/mol. The van der Waals surface area contributed by atoms with Gasteiger partial charge in [-0.15, -0.1) is 0 Å². The van der Waals surface area contributed by atoms with Crippen molar-refractivity contribution >= 4 is 44.4 Å². The van der Waals surface area contributed by atoms with E-state index in [1.165, 1.54) is 24.5 Å². The van der Waals surface area contributed by atoms with Crippen molar-refractivity contribution in [2.24, 2.45) is 0 Å². The third kappa shape index (κ3) is 3.74. The van der Waals surface area contributed by atoms with E-state index in [0.29, 0.717) is 10.3 Å². The van der Waals surface area contributed by atoms with E-state index in [2.05, 4.69) is 20.3 Å². The van der Waals surface area contributed by atoms with E-state index in [1.54, 1.807) is 6.92 Å². The normalized spacial score (nSPS) is 12.1. The highest BCUT2D eigenvalue weighted by Gasteiger charge is 2.18. The first-order valence-corrected chi connectivity index (χ1v) is 8.73. The number of benzene rings is 1. The summed E-state index contributed by atoms with van der Waals surface area (Å²) in [6.07, 6.45) is 0. The first kappa shape index (κ1) is 16.5. The zero-order valence-corrected chi connectivity index (χ0v) is 14.5. The third-order valence-electron chi connectivity index (χ3n) is 3.09. The summed E-state index contributed by atoms with van der Waals surface area (Å²) in [5, 5.41) is 3.19. The number of anilines is 1. The van der Waals surface area contributed by atoms with Gasteiger partial charge < -0.3 is 15.0 Å². The molecule has 0 aliphatic rings. The molecule has 0 bridgehead atoms. The van der Waals surface area contributed by atoms with Crippen LogP contribution in [0.2, 0.25) is 0 Å². The number of methoxy groups -OCH3 is 1. The topological polar surface area (TPSA) is 97.0 Å². The van der Waals surface area contributed by atoms with Crippen molar-refractivity contribution in [1.82, 2.24) is 15.0 Å². The first-order chi connectivity index (χ1) is 11.5. The predicted octanol–water partition coefficient (Wildman–Crippen LogP) is 2.51. The summed E-state index contributed by atoms with van der Waals surface area (Å²) in [7, 11) is 1.43. The van der Waals surface area contributed by atoms with E-state index in [-0.39, 0.29) is 17.3 Å². The Morgan fingerprint density at radius 3 is 2.92 bits per heavy atom. The van der Waals surface area contributed by atoms with Crippen LogP contribution in [0, 0.1) is 0 Å². The fourth-order valence-corrected chi connectivity index (χ4v) is 3.60. The Labute approximate surface area is 145 Å². The second kappa shape index (κ2) is 7.02. The predicted molar refractivity (Wildman–Crippen MR) is 95.0 cm³/mol. The second-order valence-electron chi connectivity index (χ2n) is 4.83. The molecule has 0 radical (unpaired) electrons. The van der Waals surface area contributed by atoms with Crippen molar-refractivity contribution < 1.29 is 9.53 Å². The van der Waals surface area contributed by atoms with Gasteiger partial charge in [-0.1, -0.05) is 35.2 Å². The fraction of sp³-hybridized carbons (Fsp3) is 0.200. The number of fused-ring (bicyclic) bond motifs is 1. The number of thioether (sulfide) groups is 1. The number of aromatic nitrogens is 3. The molecule has 2 N–H and O–H groups in total. The smallest absolute Gasteiger partial charge is 0.255 e. The Hall–Kier alpha value is -2.39. The molecular weight excluding hydrogens is 348 g/mol. The van der Waals surface area contributed by atoms with Crippen molar-refractivity contribution in [2.75, 3.05) is 12.4 Å². The Morgan fingerprint density at radius 1 is 1.38 bits per heavy atom. The Morgan fingerprint density at radius 2 is 2.17 bits per heavy atom. The van der Waals surface area contributed by atoms with Gasteiger partial charge in [-0.25, -0.2) is 4.98 Å². The number of para-hydroxylation sites is 1. The minimum Gasteiger partial charge on any atom is -0.481 e. The van der Waals surface area contributed by atoms with Crippen LogP contribution in [-0.4, -0.2) is 33.2 Å². The molecule has 3 aromatic rings. The lowest BCUT2D eigenvalue weighted by molar-refractivity contribution is -0.115. The SMILES string of the molecule is COc1cc(=O)[nH]c(S[C@H](C)C(=O)Nc2nc3ccccc3s2)n1. The number of carbonyl (C=O) groups excluding carboxylic acids is 1. The molecule has 0 spiro atoms. The summed E-state index contributed by atoms with van der Waals surface area (Å²) in [4.78, 5) is 34.9. The van der Waals surface area contributed by atoms with Gasteiger partial charge in [0.05, 0.1) is 28.6 Å². The molecule has 0 fully saturated rings. The molecule has 1 aromatic carbocycles. The number of nitrogens with one attached hydrogen (secondary N) is 2. The number of hydrogen-bond donors (Lipinski definition) is 2. The Balaban J connectivity index is 1.70. The second-order valence-corrected chi connectivity index (χ2v) is 7.19. The van der Waals surface area contributed by atoms with E-state index >= 15 is 0 Å². The molecule has 0 saturated heterocycles. The van der Waals surface area contributed by atoms with Gasteiger partial charge in [0.15, 0.2) is 10.3 Å². The molecule has 1 amide bonds. The van der Waals surface area contributed by atoms with Crippen LogP contribution in [0.1, 0.15) is 6.92 Å². The number of amides is 1. The zero-order chi connectivity index (χ0) is 17.1. The van der Waals surface area contributed by atoms with Crippen LogP contribution in [-0.2, 0) is 4.79 Å². The minimum atomic E-state index is -0.465. The van der Waals surface area contributed by atoms with Crippen molar-refractivity contribution in [3.63, 3.8) is 0 Å². The number of H-pyrrole nitrogens is 1. The van der Waals surface area contributed by atoms with Crippen LogP contribution in [0.25, 0.3) is 10.2 Å². The maximum atomic E-state index is 12.3. The number of carbonyl (C=O) groups is 1. The summed E-state index contributed by atoms with van der Waals surface area (Å²) < 4.78 is 5.96. The number of thiazole rings is 1. The van der Waals surface area contributed by atoms with Crippen molar-refractivity contribution in [3.05, 3.63) is 40.7 Å². The van der Waals surface area contributed by atoms with Crippen LogP contribution in [0.15, 0.2) is 40.3 Å². The van der Waals surface area contributed by atoms with Gasteiger partial charge in [0.25, 0.3) is 5.56 Å². The van der Waals surface area contributed by atoms with Crippen LogP contribution in [0.4, 0.5) is 5.13 Å². The summed E-state index contributed by atoms with van der Waals surface area (Å²) >= 11 is 2.55. The van der Waals surface area contributed by atoms with Crippen molar-refractivity contribution in [2.45, 2.75) is 17.3 Å². The number of hydrogen-bond acceptors (Lipinski definition) is 7. The number of ether oxygens (including phenoxy) is 1.